The van der Waals surface area contributed by atoms with Crippen LogP contribution in [-0.2, 0) is 11.3 Å². The first-order valence-corrected chi connectivity index (χ1v) is 11.5. The van der Waals surface area contributed by atoms with Crippen molar-refractivity contribution in [1.29, 1.82) is 0 Å². The van der Waals surface area contributed by atoms with Crippen LogP contribution in [-0.4, -0.2) is 54.6 Å². The zero-order chi connectivity index (χ0) is 22.3. The van der Waals surface area contributed by atoms with E-state index in [4.69, 9.17) is 4.74 Å². The topological polar surface area (TPSA) is 74.8 Å². The second-order valence-corrected chi connectivity index (χ2v) is 8.78. The highest BCUT2D eigenvalue weighted by Crippen LogP contribution is 2.20. The molecular weight excluding hydrogens is 404 g/mol. The van der Waals surface area contributed by atoms with Crippen molar-refractivity contribution in [2.24, 2.45) is 5.92 Å². The van der Waals surface area contributed by atoms with Crippen molar-refractivity contribution in [3.05, 3.63) is 59.3 Å². The number of carbonyl (C=O) groups excluding carboxylic acids is 2. The van der Waals surface area contributed by atoms with E-state index in [-0.39, 0.29) is 12.0 Å². The Bertz CT molecular complexity index is 917. The number of likely N-dealkylation sites (tertiary alicyclic amines) is 1. The van der Waals surface area contributed by atoms with Crippen molar-refractivity contribution in [3.8, 4) is 0 Å². The Labute approximate surface area is 189 Å². The fourth-order valence-corrected chi connectivity index (χ4v) is 4.26. The zero-order valence-electron chi connectivity index (χ0n) is 18.8. The van der Waals surface area contributed by atoms with Gasteiger partial charge in [-0.2, -0.15) is 0 Å². The van der Waals surface area contributed by atoms with E-state index in [0.717, 1.165) is 37.3 Å². The van der Waals surface area contributed by atoms with E-state index >= 15 is 0 Å². The van der Waals surface area contributed by atoms with Crippen LogP contribution in [0.3, 0.4) is 0 Å². The minimum absolute atomic E-state index is 0.0622. The molecule has 7 nitrogen and oxygen atoms in total. The summed E-state index contributed by atoms with van der Waals surface area (Å²) in [5.74, 6) is 1.18. The van der Waals surface area contributed by atoms with Gasteiger partial charge in [-0.3, -0.25) is 4.79 Å². The predicted octanol–water partition coefficient (Wildman–Crippen LogP) is 3.77. The van der Waals surface area contributed by atoms with Crippen LogP contribution in [0.25, 0.3) is 0 Å². The second kappa shape index (κ2) is 10.5. The minimum Gasteiger partial charge on any atom is -0.445 e. The molecule has 1 aromatic carbocycles. The summed E-state index contributed by atoms with van der Waals surface area (Å²) >= 11 is 0. The highest BCUT2D eigenvalue weighted by molar-refractivity contribution is 5.94. The van der Waals surface area contributed by atoms with Gasteiger partial charge in [-0.15, -0.1) is 0 Å². The van der Waals surface area contributed by atoms with Crippen LogP contribution in [0.2, 0.25) is 0 Å². The van der Waals surface area contributed by atoms with E-state index in [0.29, 0.717) is 37.7 Å². The van der Waals surface area contributed by atoms with Gasteiger partial charge >= 0.3 is 6.09 Å². The summed E-state index contributed by atoms with van der Waals surface area (Å²) in [6.45, 7) is 6.26. The van der Waals surface area contributed by atoms with Crippen molar-refractivity contribution in [2.45, 2.75) is 39.2 Å². The normalized spacial score (nSPS) is 16.8. The average molecular weight is 437 g/mol. The summed E-state index contributed by atoms with van der Waals surface area (Å²) in [7, 11) is 0. The van der Waals surface area contributed by atoms with Crippen molar-refractivity contribution >= 4 is 17.8 Å². The first kappa shape index (κ1) is 22.1. The van der Waals surface area contributed by atoms with Gasteiger partial charge in [0.15, 0.2) is 0 Å². The molecule has 7 heteroatoms. The quantitative estimate of drug-likeness (QED) is 0.746. The molecule has 2 saturated heterocycles. The molecule has 0 spiro atoms. The molecule has 170 valence electrons. The third kappa shape index (κ3) is 5.78. The third-order valence-electron chi connectivity index (χ3n) is 6.34. The largest absolute Gasteiger partial charge is 0.445 e. The van der Waals surface area contributed by atoms with Gasteiger partial charge < -0.3 is 19.9 Å². The van der Waals surface area contributed by atoms with Crippen LogP contribution in [0.15, 0.2) is 42.6 Å². The lowest BCUT2D eigenvalue weighted by Gasteiger charge is -2.31. The first-order valence-electron chi connectivity index (χ1n) is 11.5. The molecule has 32 heavy (non-hydrogen) atoms. The Morgan fingerprint density at radius 1 is 1.06 bits per heavy atom. The van der Waals surface area contributed by atoms with E-state index in [1.165, 1.54) is 18.4 Å². The fourth-order valence-electron chi connectivity index (χ4n) is 4.26. The van der Waals surface area contributed by atoms with Gasteiger partial charge in [0.05, 0.1) is 0 Å². The summed E-state index contributed by atoms with van der Waals surface area (Å²) in [5, 5.41) is 3.06. The van der Waals surface area contributed by atoms with Crippen molar-refractivity contribution in [1.82, 2.24) is 15.2 Å². The Kier molecular flexibility index (Phi) is 7.24. The van der Waals surface area contributed by atoms with Gasteiger partial charge in [-0.05, 0) is 56.2 Å². The number of piperidine rings is 1. The number of amides is 2. The van der Waals surface area contributed by atoms with Crippen LogP contribution in [0.5, 0.6) is 0 Å². The van der Waals surface area contributed by atoms with Crippen LogP contribution < -0.4 is 10.2 Å². The lowest BCUT2D eigenvalue weighted by molar-refractivity contribution is 0.0801. The highest BCUT2D eigenvalue weighted by Gasteiger charge is 2.24. The smallest absolute Gasteiger partial charge is 0.410 e. The molecule has 2 amide bonds. The highest BCUT2D eigenvalue weighted by atomic mass is 16.6. The number of carbonyl (C=O) groups is 2. The number of hydrogen-bond acceptors (Lipinski definition) is 5. The average Bonchev–Trinajstić information content (AvgIpc) is 3.37. The Morgan fingerprint density at radius 3 is 2.50 bits per heavy atom. The van der Waals surface area contributed by atoms with Crippen LogP contribution in [0.1, 0.15) is 47.2 Å². The molecule has 2 aromatic rings. The summed E-state index contributed by atoms with van der Waals surface area (Å²) in [6, 6.07) is 11.6. The number of nitrogens with zero attached hydrogens (tertiary/aromatic N) is 3. The number of aromatic nitrogens is 1. The molecule has 0 bridgehead atoms. The lowest BCUT2D eigenvalue weighted by atomic mass is 9.97. The lowest BCUT2D eigenvalue weighted by Crippen LogP contribution is -2.41. The summed E-state index contributed by atoms with van der Waals surface area (Å²) in [6.07, 6.45) is 5.51. The van der Waals surface area contributed by atoms with Gasteiger partial charge in [0.2, 0.25) is 0 Å². The maximum absolute atomic E-state index is 12.6. The van der Waals surface area contributed by atoms with Gasteiger partial charge in [-0.25, -0.2) is 9.78 Å². The molecule has 0 radical (unpaired) electrons. The number of ether oxygens (including phenoxy) is 1. The Balaban J connectivity index is 1.19. The van der Waals surface area contributed by atoms with Gasteiger partial charge in [0.1, 0.15) is 12.4 Å². The zero-order valence-corrected chi connectivity index (χ0v) is 18.8. The first-order chi connectivity index (χ1) is 15.6. The van der Waals surface area contributed by atoms with Crippen molar-refractivity contribution < 1.29 is 14.3 Å². The van der Waals surface area contributed by atoms with E-state index in [1.807, 2.05) is 37.3 Å². The number of nitrogens with one attached hydrogen (secondary N) is 1. The molecule has 2 aliphatic heterocycles. The number of rotatable bonds is 6. The number of benzene rings is 1. The molecule has 4 rings (SSSR count). The molecule has 0 saturated carbocycles. The summed E-state index contributed by atoms with van der Waals surface area (Å²) in [5.41, 5.74) is 2.83. The molecule has 2 aliphatic rings. The molecule has 1 N–H and O–H groups in total. The maximum Gasteiger partial charge on any atom is 0.410 e. The van der Waals surface area contributed by atoms with Crippen LogP contribution >= 0.6 is 0 Å². The Morgan fingerprint density at radius 2 is 1.78 bits per heavy atom. The maximum atomic E-state index is 12.6. The number of aryl methyl sites for hydroxylation is 1. The Hall–Kier alpha value is -3.09. The SMILES string of the molecule is Cc1ccc(COC(=O)N2CCC(CNC(=O)c3ccnc(N4CCCC4)c3)CC2)cc1. The van der Waals surface area contributed by atoms with Gasteiger partial charge in [0, 0.05) is 44.5 Å². The molecule has 1 aromatic heterocycles. The minimum atomic E-state index is -0.265. The van der Waals surface area contributed by atoms with Gasteiger partial charge in [-0.1, -0.05) is 29.8 Å². The van der Waals surface area contributed by atoms with E-state index < -0.39 is 0 Å². The van der Waals surface area contributed by atoms with E-state index in [9.17, 15) is 9.59 Å². The molecule has 2 fully saturated rings. The fraction of sp³-hybridized carbons (Fsp3) is 0.480. The molecular formula is C25H32N4O3. The van der Waals surface area contributed by atoms with Crippen LogP contribution in [0, 0.1) is 12.8 Å². The van der Waals surface area contributed by atoms with E-state index in [1.54, 1.807) is 17.2 Å². The molecule has 0 unspecified atom stereocenters. The number of anilines is 1. The van der Waals surface area contributed by atoms with Crippen molar-refractivity contribution in [3.63, 3.8) is 0 Å². The predicted molar refractivity (Wildman–Crippen MR) is 124 cm³/mol. The van der Waals surface area contributed by atoms with Gasteiger partial charge in [0.25, 0.3) is 5.91 Å². The molecule has 0 atom stereocenters. The molecule has 3 heterocycles. The summed E-state index contributed by atoms with van der Waals surface area (Å²) < 4.78 is 5.46. The monoisotopic (exact) mass is 436 g/mol. The van der Waals surface area contributed by atoms with Crippen LogP contribution in [0.4, 0.5) is 10.6 Å². The third-order valence-corrected chi connectivity index (χ3v) is 6.34. The summed E-state index contributed by atoms with van der Waals surface area (Å²) in [4.78, 5) is 33.4. The standard InChI is InChI=1S/C25H32N4O3/c1-19-4-6-21(7-5-19)18-32-25(31)29-14-9-20(10-15-29)17-27-24(30)22-8-11-26-23(16-22)28-12-2-3-13-28/h4-8,11,16,20H,2-3,9-10,12-15,17-18H2,1H3,(H,27,30). The number of pyridine rings is 1. The van der Waals surface area contributed by atoms with E-state index in [2.05, 4.69) is 15.2 Å². The molecule has 0 aliphatic carbocycles. The van der Waals surface area contributed by atoms with Crippen molar-refractivity contribution in [2.75, 3.05) is 37.6 Å². The second-order valence-electron chi connectivity index (χ2n) is 8.78. The number of hydrogen-bond donors (Lipinski definition) is 1.